The summed E-state index contributed by atoms with van der Waals surface area (Å²) in [5.74, 6) is 2.39. The number of carbonyl (C=O) groups excluding carboxylic acids is 1. The molecule has 0 saturated heterocycles. The number of hydrogen-bond acceptors (Lipinski definition) is 4. The third-order valence-electron chi connectivity index (χ3n) is 4.10. The molecule has 144 valence electrons. The summed E-state index contributed by atoms with van der Waals surface area (Å²) in [6.45, 7) is 3.65. The minimum Gasteiger partial charge on any atom is -0.495 e. The first-order valence-electron chi connectivity index (χ1n) is 9.00. The van der Waals surface area contributed by atoms with Crippen molar-refractivity contribution >= 4 is 11.6 Å². The zero-order chi connectivity index (χ0) is 19.9. The van der Waals surface area contributed by atoms with Crippen molar-refractivity contribution < 1.29 is 19.0 Å². The second-order valence-corrected chi connectivity index (χ2v) is 6.34. The molecule has 1 amide bonds. The van der Waals surface area contributed by atoms with Gasteiger partial charge in [0.2, 0.25) is 0 Å². The predicted molar refractivity (Wildman–Crippen MR) is 109 cm³/mol. The molecular weight excluding hydrogens is 354 g/mol. The standard InChI is InChI=1S/C23H23NO4/c1-16-9-14-22(26-3)21(15-16)24-23(25)17(2)27-19-10-12-20(13-11-19)28-18-7-5-4-6-8-18/h4-15,17H,1-3H3,(H,24,25). The fourth-order valence-electron chi connectivity index (χ4n) is 2.62. The Labute approximate surface area is 164 Å². The van der Waals surface area contributed by atoms with Gasteiger partial charge in [0.15, 0.2) is 6.10 Å². The number of benzene rings is 3. The Balaban J connectivity index is 1.60. The van der Waals surface area contributed by atoms with E-state index in [1.165, 1.54) is 0 Å². The molecule has 0 aromatic heterocycles. The maximum Gasteiger partial charge on any atom is 0.265 e. The van der Waals surface area contributed by atoms with E-state index >= 15 is 0 Å². The molecule has 0 aliphatic carbocycles. The van der Waals surface area contributed by atoms with Crippen LogP contribution >= 0.6 is 0 Å². The van der Waals surface area contributed by atoms with Gasteiger partial charge in [-0.1, -0.05) is 24.3 Å². The summed E-state index contributed by atoms with van der Waals surface area (Å²) in [5, 5.41) is 2.85. The van der Waals surface area contributed by atoms with Crippen LogP contribution in [0.3, 0.4) is 0 Å². The number of methoxy groups -OCH3 is 1. The normalized spacial score (nSPS) is 11.4. The molecule has 0 aliphatic heterocycles. The van der Waals surface area contributed by atoms with Crippen molar-refractivity contribution in [2.75, 3.05) is 12.4 Å². The topological polar surface area (TPSA) is 56.8 Å². The van der Waals surface area contributed by atoms with E-state index in [0.717, 1.165) is 11.3 Å². The molecule has 3 rings (SSSR count). The number of anilines is 1. The average molecular weight is 377 g/mol. The Kier molecular flexibility index (Phi) is 6.17. The molecule has 0 heterocycles. The van der Waals surface area contributed by atoms with Crippen LogP contribution in [0, 0.1) is 6.92 Å². The largest absolute Gasteiger partial charge is 0.495 e. The molecule has 1 unspecified atom stereocenters. The van der Waals surface area contributed by atoms with Gasteiger partial charge >= 0.3 is 0 Å². The second kappa shape index (κ2) is 8.95. The lowest BCUT2D eigenvalue weighted by Crippen LogP contribution is -2.30. The first-order chi connectivity index (χ1) is 13.5. The van der Waals surface area contributed by atoms with E-state index in [1.54, 1.807) is 38.3 Å². The highest BCUT2D eigenvalue weighted by Gasteiger charge is 2.17. The van der Waals surface area contributed by atoms with Crippen LogP contribution in [0.25, 0.3) is 0 Å². The molecule has 3 aromatic carbocycles. The van der Waals surface area contributed by atoms with E-state index < -0.39 is 6.10 Å². The van der Waals surface area contributed by atoms with Crippen LogP contribution in [0.4, 0.5) is 5.69 Å². The van der Waals surface area contributed by atoms with Crippen LogP contribution in [0.15, 0.2) is 72.8 Å². The Hall–Kier alpha value is -3.47. The van der Waals surface area contributed by atoms with Crippen molar-refractivity contribution in [3.63, 3.8) is 0 Å². The van der Waals surface area contributed by atoms with Crippen molar-refractivity contribution in [2.45, 2.75) is 20.0 Å². The van der Waals surface area contributed by atoms with Crippen LogP contribution in [0.5, 0.6) is 23.0 Å². The summed E-state index contributed by atoms with van der Waals surface area (Å²) in [5.41, 5.74) is 1.65. The zero-order valence-electron chi connectivity index (χ0n) is 16.1. The first kappa shape index (κ1) is 19.3. The number of para-hydroxylation sites is 1. The van der Waals surface area contributed by atoms with Gasteiger partial charge in [-0.3, -0.25) is 4.79 Å². The van der Waals surface area contributed by atoms with Gasteiger partial charge in [0.25, 0.3) is 5.91 Å². The lowest BCUT2D eigenvalue weighted by molar-refractivity contribution is -0.122. The lowest BCUT2D eigenvalue weighted by atomic mass is 10.2. The van der Waals surface area contributed by atoms with Gasteiger partial charge in [-0.05, 0) is 67.9 Å². The second-order valence-electron chi connectivity index (χ2n) is 6.34. The van der Waals surface area contributed by atoms with E-state index in [-0.39, 0.29) is 5.91 Å². The van der Waals surface area contributed by atoms with Gasteiger partial charge in [-0.15, -0.1) is 0 Å². The molecule has 28 heavy (non-hydrogen) atoms. The summed E-state index contributed by atoms with van der Waals surface area (Å²) < 4.78 is 16.8. The Morgan fingerprint density at radius 3 is 2.21 bits per heavy atom. The van der Waals surface area contributed by atoms with E-state index in [4.69, 9.17) is 14.2 Å². The maximum absolute atomic E-state index is 12.5. The number of carbonyl (C=O) groups is 1. The monoisotopic (exact) mass is 377 g/mol. The fraction of sp³-hybridized carbons (Fsp3) is 0.174. The minimum absolute atomic E-state index is 0.256. The summed E-state index contributed by atoms with van der Waals surface area (Å²) in [6, 6.07) is 22.3. The van der Waals surface area contributed by atoms with E-state index in [0.29, 0.717) is 22.9 Å². The number of amides is 1. The number of rotatable bonds is 7. The first-order valence-corrected chi connectivity index (χ1v) is 9.00. The third-order valence-corrected chi connectivity index (χ3v) is 4.10. The highest BCUT2D eigenvalue weighted by Crippen LogP contribution is 2.26. The van der Waals surface area contributed by atoms with Crippen LogP contribution in [0.1, 0.15) is 12.5 Å². The SMILES string of the molecule is COc1ccc(C)cc1NC(=O)C(C)Oc1ccc(Oc2ccccc2)cc1. The zero-order valence-corrected chi connectivity index (χ0v) is 16.1. The maximum atomic E-state index is 12.5. The number of nitrogens with one attached hydrogen (secondary N) is 1. The Morgan fingerprint density at radius 2 is 1.54 bits per heavy atom. The highest BCUT2D eigenvalue weighted by molar-refractivity contribution is 5.95. The lowest BCUT2D eigenvalue weighted by Gasteiger charge is -2.17. The van der Waals surface area contributed by atoms with Gasteiger partial charge < -0.3 is 19.5 Å². The smallest absolute Gasteiger partial charge is 0.265 e. The van der Waals surface area contributed by atoms with Gasteiger partial charge in [-0.25, -0.2) is 0 Å². The quantitative estimate of drug-likeness (QED) is 0.615. The average Bonchev–Trinajstić information content (AvgIpc) is 2.70. The summed E-state index contributed by atoms with van der Waals surface area (Å²) in [7, 11) is 1.57. The van der Waals surface area contributed by atoms with Crippen LogP contribution in [-0.4, -0.2) is 19.1 Å². The van der Waals surface area contributed by atoms with Gasteiger partial charge in [0, 0.05) is 0 Å². The van der Waals surface area contributed by atoms with Gasteiger partial charge in [-0.2, -0.15) is 0 Å². The molecule has 3 aromatic rings. The van der Waals surface area contributed by atoms with Crippen molar-refractivity contribution in [3.8, 4) is 23.0 Å². The molecule has 5 heteroatoms. The van der Waals surface area contributed by atoms with E-state index in [2.05, 4.69) is 5.32 Å². The molecule has 1 atom stereocenters. The Bertz CT molecular complexity index is 923. The van der Waals surface area contributed by atoms with Crippen molar-refractivity contribution in [1.29, 1.82) is 0 Å². The van der Waals surface area contributed by atoms with Gasteiger partial charge in [0.05, 0.1) is 12.8 Å². The molecule has 0 bridgehead atoms. The number of ether oxygens (including phenoxy) is 3. The van der Waals surface area contributed by atoms with Gasteiger partial charge in [0.1, 0.15) is 23.0 Å². The highest BCUT2D eigenvalue weighted by atomic mass is 16.5. The molecule has 5 nitrogen and oxygen atoms in total. The molecule has 0 spiro atoms. The van der Waals surface area contributed by atoms with E-state index in [1.807, 2.05) is 55.5 Å². The summed E-state index contributed by atoms with van der Waals surface area (Å²) in [4.78, 5) is 12.5. The minimum atomic E-state index is -0.675. The Morgan fingerprint density at radius 1 is 0.893 bits per heavy atom. The van der Waals surface area contributed by atoms with Crippen LogP contribution in [0.2, 0.25) is 0 Å². The summed E-state index contributed by atoms with van der Waals surface area (Å²) in [6.07, 6.45) is -0.675. The molecule has 0 saturated carbocycles. The predicted octanol–water partition coefficient (Wildman–Crippen LogP) is 5.20. The van der Waals surface area contributed by atoms with Crippen LogP contribution < -0.4 is 19.5 Å². The van der Waals surface area contributed by atoms with Crippen molar-refractivity contribution in [2.24, 2.45) is 0 Å². The van der Waals surface area contributed by atoms with Crippen molar-refractivity contribution in [3.05, 3.63) is 78.4 Å². The van der Waals surface area contributed by atoms with Crippen molar-refractivity contribution in [1.82, 2.24) is 0 Å². The number of aryl methyl sites for hydroxylation is 1. The number of hydrogen-bond donors (Lipinski definition) is 1. The summed E-state index contributed by atoms with van der Waals surface area (Å²) >= 11 is 0. The molecule has 0 radical (unpaired) electrons. The molecule has 1 N–H and O–H groups in total. The van der Waals surface area contributed by atoms with Crippen LogP contribution in [-0.2, 0) is 4.79 Å². The third kappa shape index (κ3) is 5.04. The van der Waals surface area contributed by atoms with E-state index in [9.17, 15) is 4.79 Å². The molecule has 0 fully saturated rings. The molecule has 0 aliphatic rings. The fourth-order valence-corrected chi connectivity index (χ4v) is 2.62. The molecular formula is C23H23NO4.